The molecule has 5 rings (SSSR count). The normalized spacial score (nSPS) is 14.8. The van der Waals surface area contributed by atoms with Gasteiger partial charge in [-0.05, 0) is 54.8 Å². The monoisotopic (exact) mass is 451 g/mol. The van der Waals surface area contributed by atoms with Crippen LogP contribution in [-0.4, -0.2) is 20.7 Å². The van der Waals surface area contributed by atoms with Crippen molar-refractivity contribution < 1.29 is 9.53 Å². The Balaban J connectivity index is 1.42. The van der Waals surface area contributed by atoms with Crippen molar-refractivity contribution >= 4 is 17.5 Å². The molecule has 1 aliphatic heterocycles. The molecule has 0 unspecified atom stereocenters. The molecule has 0 saturated heterocycles. The molecule has 0 spiro atoms. The molecule has 1 amide bonds. The second-order valence-electron chi connectivity index (χ2n) is 8.20. The summed E-state index contributed by atoms with van der Waals surface area (Å²) in [5.41, 5.74) is 5.30. The van der Waals surface area contributed by atoms with Crippen LogP contribution in [0.1, 0.15) is 29.7 Å². The van der Waals surface area contributed by atoms with E-state index in [9.17, 15) is 4.79 Å². The predicted octanol–water partition coefficient (Wildman–Crippen LogP) is 5.09. The smallest absolute Gasteiger partial charge is 0.255 e. The molecule has 3 aromatic carbocycles. The lowest BCUT2D eigenvalue weighted by Crippen LogP contribution is -2.31. The van der Waals surface area contributed by atoms with E-state index < -0.39 is 6.04 Å². The molecule has 0 bridgehead atoms. The minimum Gasteiger partial charge on any atom is -0.489 e. The molecule has 0 fully saturated rings. The fraction of sp³-hybridized carbons (Fsp3) is 0.148. The van der Waals surface area contributed by atoms with Gasteiger partial charge in [0.05, 0.1) is 5.57 Å². The Kier molecular flexibility index (Phi) is 5.82. The number of hydrogen-bond acceptors (Lipinski definition) is 5. The van der Waals surface area contributed by atoms with Gasteiger partial charge in [0.15, 0.2) is 0 Å². The topological polar surface area (TPSA) is 81.1 Å². The van der Waals surface area contributed by atoms with Crippen molar-refractivity contribution in [1.29, 1.82) is 0 Å². The summed E-state index contributed by atoms with van der Waals surface area (Å²) in [7, 11) is 0. The van der Waals surface area contributed by atoms with E-state index in [2.05, 4.69) is 39.8 Å². The zero-order valence-electron chi connectivity index (χ0n) is 19.0. The third-order valence-corrected chi connectivity index (χ3v) is 5.92. The van der Waals surface area contributed by atoms with Gasteiger partial charge in [-0.2, -0.15) is 10.1 Å². The van der Waals surface area contributed by atoms with Crippen LogP contribution in [-0.2, 0) is 11.4 Å². The molecule has 1 aliphatic rings. The van der Waals surface area contributed by atoms with Crippen LogP contribution in [0.15, 0.2) is 96.5 Å². The number of nitrogens with one attached hydrogen (secondary N) is 2. The fourth-order valence-electron chi connectivity index (χ4n) is 4.09. The van der Waals surface area contributed by atoms with Crippen LogP contribution >= 0.6 is 0 Å². The Morgan fingerprint density at radius 1 is 1.00 bits per heavy atom. The Morgan fingerprint density at radius 2 is 1.74 bits per heavy atom. The molecule has 0 radical (unpaired) electrons. The summed E-state index contributed by atoms with van der Waals surface area (Å²) in [6.45, 7) is 4.45. The van der Waals surface area contributed by atoms with Gasteiger partial charge in [0.25, 0.3) is 5.91 Å². The summed E-state index contributed by atoms with van der Waals surface area (Å²) >= 11 is 0. The maximum atomic E-state index is 13.4. The third-order valence-electron chi connectivity index (χ3n) is 5.92. The molecule has 1 atom stereocenters. The number of carbonyl (C=O) groups excluding carboxylic acids is 1. The number of rotatable bonds is 6. The SMILES string of the molecule is CC1=C(C(=O)Nc2ccccc2)[C@H](c2ccc(OCc3ccccc3C)cc2)n2ncnc2N1. The van der Waals surface area contributed by atoms with Crippen LogP contribution in [0.3, 0.4) is 0 Å². The van der Waals surface area contributed by atoms with E-state index in [1.54, 1.807) is 4.68 Å². The number of carbonyl (C=O) groups is 1. The lowest BCUT2D eigenvalue weighted by atomic mass is 9.95. The summed E-state index contributed by atoms with van der Waals surface area (Å²) < 4.78 is 7.74. The number of fused-ring (bicyclic) bond motifs is 1. The zero-order valence-corrected chi connectivity index (χ0v) is 19.0. The molecule has 0 aliphatic carbocycles. The molecular weight excluding hydrogens is 426 g/mol. The van der Waals surface area contributed by atoms with Crippen molar-refractivity contribution in [2.45, 2.75) is 26.5 Å². The number of amides is 1. The van der Waals surface area contributed by atoms with E-state index >= 15 is 0 Å². The van der Waals surface area contributed by atoms with Crippen molar-refractivity contribution in [3.63, 3.8) is 0 Å². The minimum atomic E-state index is -0.423. The van der Waals surface area contributed by atoms with Crippen LogP contribution in [0.5, 0.6) is 5.75 Å². The molecule has 4 aromatic rings. The second-order valence-corrected chi connectivity index (χ2v) is 8.20. The summed E-state index contributed by atoms with van der Waals surface area (Å²) in [6, 6.07) is 24.9. The van der Waals surface area contributed by atoms with Gasteiger partial charge < -0.3 is 15.4 Å². The number of allylic oxidation sites excluding steroid dienone is 1. The minimum absolute atomic E-state index is 0.192. The molecular formula is C27H25N5O2. The Bertz CT molecular complexity index is 1340. The van der Waals surface area contributed by atoms with Gasteiger partial charge in [-0.3, -0.25) is 4.79 Å². The molecule has 2 N–H and O–H groups in total. The lowest BCUT2D eigenvalue weighted by Gasteiger charge is -2.28. The lowest BCUT2D eigenvalue weighted by molar-refractivity contribution is -0.113. The van der Waals surface area contributed by atoms with Gasteiger partial charge in [-0.15, -0.1) is 0 Å². The van der Waals surface area contributed by atoms with Gasteiger partial charge in [-0.1, -0.05) is 54.6 Å². The average molecular weight is 452 g/mol. The Hall–Kier alpha value is -4.39. The first-order chi connectivity index (χ1) is 16.6. The molecule has 7 heteroatoms. The van der Waals surface area contributed by atoms with Crippen LogP contribution in [0.2, 0.25) is 0 Å². The maximum Gasteiger partial charge on any atom is 0.255 e. The number of ether oxygens (including phenoxy) is 1. The van der Waals surface area contributed by atoms with Crippen LogP contribution in [0.4, 0.5) is 11.6 Å². The summed E-state index contributed by atoms with van der Waals surface area (Å²) in [5, 5.41) is 10.6. The van der Waals surface area contributed by atoms with Crippen LogP contribution < -0.4 is 15.4 Å². The van der Waals surface area contributed by atoms with Gasteiger partial charge in [0, 0.05) is 11.4 Å². The second kappa shape index (κ2) is 9.23. The number of aromatic nitrogens is 3. The Labute approximate surface area is 198 Å². The van der Waals surface area contributed by atoms with Crippen molar-refractivity contribution in [3.05, 3.63) is 113 Å². The van der Waals surface area contributed by atoms with Gasteiger partial charge in [0.2, 0.25) is 5.95 Å². The quantitative estimate of drug-likeness (QED) is 0.427. The van der Waals surface area contributed by atoms with E-state index in [1.165, 1.54) is 11.9 Å². The molecule has 7 nitrogen and oxygen atoms in total. The first-order valence-corrected chi connectivity index (χ1v) is 11.1. The molecule has 170 valence electrons. The van der Waals surface area contributed by atoms with Gasteiger partial charge in [0.1, 0.15) is 24.7 Å². The van der Waals surface area contributed by atoms with E-state index in [-0.39, 0.29) is 5.91 Å². The summed E-state index contributed by atoms with van der Waals surface area (Å²) in [4.78, 5) is 17.7. The average Bonchev–Trinajstić information content (AvgIpc) is 3.32. The molecule has 2 heterocycles. The molecule has 0 saturated carbocycles. The highest BCUT2D eigenvalue weighted by Crippen LogP contribution is 2.35. The first-order valence-electron chi connectivity index (χ1n) is 11.1. The van der Waals surface area contributed by atoms with Crippen molar-refractivity contribution in [2.75, 3.05) is 10.6 Å². The number of anilines is 2. The van der Waals surface area contributed by atoms with Crippen LogP contribution in [0.25, 0.3) is 0 Å². The van der Waals surface area contributed by atoms with E-state index in [1.807, 2.05) is 73.7 Å². The van der Waals surface area contributed by atoms with E-state index in [0.717, 1.165) is 28.3 Å². The molecule has 34 heavy (non-hydrogen) atoms. The largest absolute Gasteiger partial charge is 0.489 e. The number of para-hydroxylation sites is 1. The first kappa shape index (κ1) is 21.5. The Morgan fingerprint density at radius 3 is 2.50 bits per heavy atom. The number of benzene rings is 3. The number of nitrogens with zero attached hydrogens (tertiary/aromatic N) is 3. The number of hydrogen-bond donors (Lipinski definition) is 2. The zero-order chi connectivity index (χ0) is 23.5. The van der Waals surface area contributed by atoms with Crippen molar-refractivity contribution in [1.82, 2.24) is 14.8 Å². The van der Waals surface area contributed by atoms with Crippen molar-refractivity contribution in [2.24, 2.45) is 0 Å². The van der Waals surface area contributed by atoms with E-state index in [4.69, 9.17) is 4.74 Å². The van der Waals surface area contributed by atoms with Gasteiger partial charge >= 0.3 is 0 Å². The van der Waals surface area contributed by atoms with Gasteiger partial charge in [-0.25, -0.2) is 4.68 Å². The third kappa shape index (κ3) is 4.28. The maximum absolute atomic E-state index is 13.4. The summed E-state index contributed by atoms with van der Waals surface area (Å²) in [6.07, 6.45) is 1.49. The standard InChI is InChI=1S/C27H25N5O2/c1-18-8-6-7-9-21(18)16-34-23-14-12-20(13-15-23)25-24(19(2)30-27-28-17-29-32(25)27)26(33)31-22-10-4-3-5-11-22/h3-15,17,25H,16H2,1-2H3,(H,31,33)(H,28,29,30)/t25-/m0/s1. The predicted molar refractivity (Wildman–Crippen MR) is 132 cm³/mol. The fourth-order valence-corrected chi connectivity index (χ4v) is 4.09. The van der Waals surface area contributed by atoms with Crippen molar-refractivity contribution in [3.8, 4) is 5.75 Å². The van der Waals surface area contributed by atoms with Crippen LogP contribution in [0, 0.1) is 6.92 Å². The highest BCUT2D eigenvalue weighted by atomic mass is 16.5. The highest BCUT2D eigenvalue weighted by Gasteiger charge is 2.33. The molecule has 1 aromatic heterocycles. The highest BCUT2D eigenvalue weighted by molar-refractivity contribution is 6.06. The van der Waals surface area contributed by atoms with E-state index in [0.29, 0.717) is 18.1 Å². The summed E-state index contributed by atoms with van der Waals surface area (Å²) in [5.74, 6) is 1.16. The number of aryl methyl sites for hydroxylation is 1.